The Labute approximate surface area is 152 Å². The number of hydrogen-bond acceptors (Lipinski definition) is 2. The van der Waals surface area contributed by atoms with Crippen LogP contribution < -0.4 is 0 Å². The second-order valence-electron chi connectivity index (χ2n) is 5.55. The highest BCUT2D eigenvalue weighted by Gasteiger charge is 1.92. The highest BCUT2D eigenvalue weighted by atomic mass is 16.4. The number of carboxylic acid groups (broad SMARTS) is 1. The molecule has 0 fully saturated rings. The van der Waals surface area contributed by atoms with Gasteiger partial charge in [-0.3, -0.25) is 4.79 Å². The smallest absolute Gasteiger partial charge is 0.303 e. The minimum Gasteiger partial charge on any atom is -0.481 e. The van der Waals surface area contributed by atoms with E-state index in [1.165, 1.54) is 0 Å². The van der Waals surface area contributed by atoms with Crippen molar-refractivity contribution in [3.8, 4) is 0 Å². The van der Waals surface area contributed by atoms with Gasteiger partial charge in [-0.05, 0) is 38.5 Å². The highest BCUT2D eigenvalue weighted by molar-refractivity contribution is 5.66. The Morgan fingerprint density at radius 3 is 2.04 bits per heavy atom. The van der Waals surface area contributed by atoms with Gasteiger partial charge in [0.15, 0.2) is 0 Å². The molecule has 138 valence electrons. The van der Waals surface area contributed by atoms with E-state index < -0.39 is 12.1 Å². The SMILES string of the molecule is CC/C=C\C[C@@H](O)/C=C/C=C\C/C=C\C/C=C\C/C=C\CCC(=O)O. The maximum atomic E-state index is 10.3. The summed E-state index contributed by atoms with van der Waals surface area (Å²) in [6.45, 7) is 2.08. The van der Waals surface area contributed by atoms with Gasteiger partial charge in [-0.2, -0.15) is 0 Å². The van der Waals surface area contributed by atoms with E-state index >= 15 is 0 Å². The minimum atomic E-state index is -0.754. The Morgan fingerprint density at radius 2 is 1.44 bits per heavy atom. The van der Waals surface area contributed by atoms with Crippen molar-refractivity contribution in [2.75, 3.05) is 0 Å². The fraction of sp³-hybridized carbons (Fsp3) is 0.409. The fourth-order valence-corrected chi connectivity index (χ4v) is 1.87. The largest absolute Gasteiger partial charge is 0.481 e. The van der Waals surface area contributed by atoms with Gasteiger partial charge in [-0.25, -0.2) is 0 Å². The third-order valence-corrected chi connectivity index (χ3v) is 3.20. The Hall–Kier alpha value is -2.13. The summed E-state index contributed by atoms with van der Waals surface area (Å²) >= 11 is 0. The average molecular weight is 344 g/mol. The Morgan fingerprint density at radius 1 is 0.840 bits per heavy atom. The molecule has 0 aliphatic heterocycles. The van der Waals surface area contributed by atoms with Crippen molar-refractivity contribution in [1.29, 1.82) is 0 Å². The first-order valence-electron chi connectivity index (χ1n) is 9.00. The van der Waals surface area contributed by atoms with E-state index in [9.17, 15) is 9.90 Å². The van der Waals surface area contributed by atoms with E-state index in [4.69, 9.17) is 5.11 Å². The van der Waals surface area contributed by atoms with Crippen molar-refractivity contribution in [2.45, 2.75) is 58.0 Å². The van der Waals surface area contributed by atoms with Crippen LogP contribution in [0.15, 0.2) is 72.9 Å². The first kappa shape index (κ1) is 22.9. The lowest BCUT2D eigenvalue weighted by molar-refractivity contribution is -0.136. The molecule has 0 amide bonds. The van der Waals surface area contributed by atoms with E-state index in [0.717, 1.165) is 25.7 Å². The lowest BCUT2D eigenvalue weighted by atomic mass is 10.2. The van der Waals surface area contributed by atoms with Gasteiger partial charge in [0.05, 0.1) is 6.10 Å². The number of carboxylic acids is 1. The molecule has 0 bridgehead atoms. The number of rotatable bonds is 14. The standard InChI is InChI=1S/C22H32O3/c1-2-3-15-18-21(23)19-16-13-11-9-7-5-4-6-8-10-12-14-17-20-22(24)25/h3,5-8,11-16,19,21,23H,2,4,9-10,17-18,20H2,1H3,(H,24,25)/b7-5-,8-6-,13-11-,14-12-,15-3-,19-16+/t21-/m1/s1. The van der Waals surface area contributed by atoms with E-state index in [1.807, 2.05) is 30.4 Å². The zero-order chi connectivity index (χ0) is 18.6. The van der Waals surface area contributed by atoms with Crippen molar-refractivity contribution >= 4 is 5.97 Å². The third-order valence-electron chi connectivity index (χ3n) is 3.20. The number of allylic oxidation sites excluding steroid dienone is 10. The molecule has 0 saturated heterocycles. The summed E-state index contributed by atoms with van der Waals surface area (Å²) in [5.41, 5.74) is 0. The van der Waals surface area contributed by atoms with E-state index in [2.05, 4.69) is 43.4 Å². The number of carbonyl (C=O) groups is 1. The monoisotopic (exact) mass is 344 g/mol. The molecule has 3 heteroatoms. The first-order chi connectivity index (χ1) is 12.2. The number of aliphatic hydroxyl groups excluding tert-OH is 1. The molecule has 0 aromatic heterocycles. The Bertz CT molecular complexity index is 493. The summed E-state index contributed by atoms with van der Waals surface area (Å²) < 4.78 is 0. The molecule has 0 aliphatic carbocycles. The second-order valence-corrected chi connectivity index (χ2v) is 5.55. The summed E-state index contributed by atoms with van der Waals surface area (Å²) in [5, 5.41) is 18.2. The Kier molecular flexibility index (Phi) is 16.7. The molecule has 0 saturated carbocycles. The number of hydrogen-bond donors (Lipinski definition) is 2. The molecule has 1 atom stereocenters. The molecule has 0 radical (unpaired) electrons. The van der Waals surface area contributed by atoms with Crippen LogP contribution in [-0.4, -0.2) is 22.3 Å². The average Bonchev–Trinajstić information content (AvgIpc) is 2.58. The van der Waals surface area contributed by atoms with Crippen molar-refractivity contribution in [2.24, 2.45) is 0 Å². The van der Waals surface area contributed by atoms with Crippen molar-refractivity contribution in [3.05, 3.63) is 72.9 Å². The fourth-order valence-electron chi connectivity index (χ4n) is 1.87. The van der Waals surface area contributed by atoms with Crippen LogP contribution in [0.2, 0.25) is 0 Å². The van der Waals surface area contributed by atoms with Crippen LogP contribution in [0.1, 0.15) is 51.9 Å². The van der Waals surface area contributed by atoms with Crippen LogP contribution in [0.3, 0.4) is 0 Å². The maximum absolute atomic E-state index is 10.3. The van der Waals surface area contributed by atoms with Gasteiger partial charge >= 0.3 is 5.97 Å². The van der Waals surface area contributed by atoms with Crippen LogP contribution in [0, 0.1) is 0 Å². The lowest BCUT2D eigenvalue weighted by Gasteiger charge is -1.98. The molecule has 0 spiro atoms. The highest BCUT2D eigenvalue weighted by Crippen LogP contribution is 1.98. The summed E-state index contributed by atoms with van der Waals surface area (Å²) in [7, 11) is 0. The van der Waals surface area contributed by atoms with Crippen LogP contribution in [0.25, 0.3) is 0 Å². The molecule has 0 rings (SSSR count). The summed E-state index contributed by atoms with van der Waals surface area (Å²) in [4.78, 5) is 10.3. The molecule has 0 heterocycles. The second kappa shape index (κ2) is 18.2. The van der Waals surface area contributed by atoms with Crippen LogP contribution in [0.5, 0.6) is 0 Å². The Balaban J connectivity index is 3.66. The summed E-state index contributed by atoms with van der Waals surface area (Å²) in [6.07, 6.45) is 28.7. The predicted molar refractivity (Wildman–Crippen MR) is 106 cm³/mol. The molecule has 3 nitrogen and oxygen atoms in total. The lowest BCUT2D eigenvalue weighted by Crippen LogP contribution is -1.98. The molecule has 25 heavy (non-hydrogen) atoms. The van der Waals surface area contributed by atoms with Gasteiger partial charge in [0, 0.05) is 6.42 Å². The first-order valence-corrected chi connectivity index (χ1v) is 9.00. The van der Waals surface area contributed by atoms with Gasteiger partial charge in [0.25, 0.3) is 0 Å². The maximum Gasteiger partial charge on any atom is 0.303 e. The zero-order valence-corrected chi connectivity index (χ0v) is 15.3. The van der Waals surface area contributed by atoms with E-state index in [-0.39, 0.29) is 6.42 Å². The predicted octanol–water partition coefficient (Wildman–Crippen LogP) is 5.52. The summed E-state index contributed by atoms with van der Waals surface area (Å²) in [6, 6.07) is 0. The van der Waals surface area contributed by atoms with Crippen LogP contribution >= 0.6 is 0 Å². The molecule has 0 aromatic rings. The topological polar surface area (TPSA) is 57.5 Å². The van der Waals surface area contributed by atoms with Crippen molar-refractivity contribution in [1.82, 2.24) is 0 Å². The van der Waals surface area contributed by atoms with Crippen LogP contribution in [-0.2, 0) is 4.79 Å². The van der Waals surface area contributed by atoms with Gasteiger partial charge in [-0.15, -0.1) is 0 Å². The summed E-state index contributed by atoms with van der Waals surface area (Å²) in [5.74, 6) is -0.754. The molecular formula is C22H32O3. The number of aliphatic hydroxyl groups is 1. The molecular weight excluding hydrogens is 312 g/mol. The normalized spacial score (nSPS) is 14.3. The van der Waals surface area contributed by atoms with Gasteiger partial charge in [-0.1, -0.05) is 79.8 Å². The van der Waals surface area contributed by atoms with Crippen molar-refractivity contribution in [3.63, 3.8) is 0 Å². The zero-order valence-electron chi connectivity index (χ0n) is 15.3. The van der Waals surface area contributed by atoms with E-state index in [1.54, 1.807) is 6.08 Å². The quantitative estimate of drug-likeness (QED) is 0.322. The molecule has 0 aromatic carbocycles. The van der Waals surface area contributed by atoms with E-state index in [0.29, 0.717) is 12.8 Å². The minimum absolute atomic E-state index is 0.195. The number of aliphatic carboxylic acids is 1. The van der Waals surface area contributed by atoms with Gasteiger partial charge in [0.2, 0.25) is 0 Å². The molecule has 0 aliphatic rings. The molecule has 0 unspecified atom stereocenters. The van der Waals surface area contributed by atoms with Gasteiger partial charge in [0.1, 0.15) is 0 Å². The third kappa shape index (κ3) is 19.8. The van der Waals surface area contributed by atoms with Crippen molar-refractivity contribution < 1.29 is 15.0 Å². The van der Waals surface area contributed by atoms with Gasteiger partial charge < -0.3 is 10.2 Å². The van der Waals surface area contributed by atoms with Crippen LogP contribution in [0.4, 0.5) is 0 Å². The molecule has 2 N–H and O–H groups in total.